The Morgan fingerprint density at radius 3 is 2.47 bits per heavy atom. The van der Waals surface area contributed by atoms with E-state index in [2.05, 4.69) is 17.4 Å². The van der Waals surface area contributed by atoms with Gasteiger partial charge in [-0.2, -0.15) is 0 Å². The molecule has 0 saturated carbocycles. The van der Waals surface area contributed by atoms with Crippen molar-refractivity contribution in [3.8, 4) is 0 Å². The molecule has 1 heterocycles. The minimum Gasteiger partial charge on any atom is -0.454 e. The number of ether oxygens (including phenoxy) is 1. The molecule has 1 saturated heterocycles. The molecule has 0 bridgehead atoms. The van der Waals surface area contributed by atoms with E-state index in [1.807, 2.05) is 32.0 Å². The number of nitrogens with one attached hydrogen (secondary N) is 1. The lowest BCUT2D eigenvalue weighted by Crippen LogP contribution is -2.43. The van der Waals surface area contributed by atoms with Crippen molar-refractivity contribution in [2.45, 2.75) is 38.7 Å². The Bertz CT molecular complexity index is 408. The SMILES string of the molecule is CC(C)CC(=O)OC1(c2ccccc2)CCNCC1. The van der Waals surface area contributed by atoms with Crippen molar-refractivity contribution in [3.05, 3.63) is 35.9 Å². The zero-order valence-corrected chi connectivity index (χ0v) is 11.8. The second-order valence-corrected chi connectivity index (χ2v) is 5.68. The maximum absolute atomic E-state index is 12.1. The van der Waals surface area contributed by atoms with Crippen molar-refractivity contribution in [2.24, 2.45) is 5.92 Å². The lowest BCUT2D eigenvalue weighted by Gasteiger charge is -2.37. The number of esters is 1. The molecule has 104 valence electrons. The van der Waals surface area contributed by atoms with Gasteiger partial charge < -0.3 is 10.1 Å². The lowest BCUT2D eigenvalue weighted by atomic mass is 9.84. The fourth-order valence-corrected chi connectivity index (χ4v) is 2.62. The van der Waals surface area contributed by atoms with Gasteiger partial charge in [-0.3, -0.25) is 4.79 Å². The second kappa shape index (κ2) is 6.20. The van der Waals surface area contributed by atoms with Gasteiger partial charge in [0.05, 0.1) is 0 Å². The molecule has 0 amide bonds. The van der Waals surface area contributed by atoms with Crippen LogP contribution in [0.3, 0.4) is 0 Å². The second-order valence-electron chi connectivity index (χ2n) is 5.68. The largest absolute Gasteiger partial charge is 0.454 e. The van der Waals surface area contributed by atoms with Crippen molar-refractivity contribution in [1.29, 1.82) is 0 Å². The summed E-state index contributed by atoms with van der Waals surface area (Å²) in [6, 6.07) is 10.1. The molecular weight excluding hydrogens is 238 g/mol. The van der Waals surface area contributed by atoms with Crippen LogP contribution in [-0.2, 0) is 15.1 Å². The summed E-state index contributed by atoms with van der Waals surface area (Å²) in [7, 11) is 0. The van der Waals surface area contributed by atoms with Crippen LogP contribution in [0.2, 0.25) is 0 Å². The first-order valence-electron chi connectivity index (χ1n) is 7.10. The summed E-state index contributed by atoms with van der Waals surface area (Å²) in [5.41, 5.74) is 0.687. The van der Waals surface area contributed by atoms with Gasteiger partial charge in [0.1, 0.15) is 5.60 Å². The molecule has 0 spiro atoms. The summed E-state index contributed by atoms with van der Waals surface area (Å²) >= 11 is 0. The first kappa shape index (κ1) is 14.1. The van der Waals surface area contributed by atoms with Crippen molar-refractivity contribution in [2.75, 3.05) is 13.1 Å². The molecule has 1 aliphatic heterocycles. The topological polar surface area (TPSA) is 38.3 Å². The highest BCUT2D eigenvalue weighted by Crippen LogP contribution is 2.35. The fourth-order valence-electron chi connectivity index (χ4n) is 2.62. The molecule has 1 aromatic carbocycles. The fraction of sp³-hybridized carbons (Fsp3) is 0.562. The van der Waals surface area contributed by atoms with Crippen LogP contribution in [0.4, 0.5) is 0 Å². The van der Waals surface area contributed by atoms with Gasteiger partial charge in [0.2, 0.25) is 0 Å². The number of rotatable bonds is 4. The van der Waals surface area contributed by atoms with E-state index in [9.17, 15) is 4.79 Å². The molecule has 19 heavy (non-hydrogen) atoms. The van der Waals surface area contributed by atoms with E-state index in [0.29, 0.717) is 12.3 Å². The third-order valence-electron chi connectivity index (χ3n) is 3.60. The molecule has 0 aliphatic carbocycles. The van der Waals surface area contributed by atoms with Gasteiger partial charge in [0.15, 0.2) is 0 Å². The summed E-state index contributed by atoms with van der Waals surface area (Å²) in [5.74, 6) is 0.253. The Morgan fingerprint density at radius 2 is 1.89 bits per heavy atom. The van der Waals surface area contributed by atoms with Crippen LogP contribution >= 0.6 is 0 Å². The van der Waals surface area contributed by atoms with E-state index in [0.717, 1.165) is 31.5 Å². The predicted octanol–water partition coefficient (Wildman–Crippen LogP) is 2.85. The molecule has 1 N–H and O–H groups in total. The van der Waals surface area contributed by atoms with Crippen LogP contribution in [0.15, 0.2) is 30.3 Å². The van der Waals surface area contributed by atoms with E-state index in [4.69, 9.17) is 4.74 Å². The minimum absolute atomic E-state index is 0.0826. The van der Waals surface area contributed by atoms with Gasteiger partial charge in [0, 0.05) is 19.3 Å². The highest BCUT2D eigenvalue weighted by Gasteiger charge is 2.37. The molecular formula is C16H23NO2. The van der Waals surface area contributed by atoms with Gasteiger partial charge in [0.25, 0.3) is 0 Å². The maximum Gasteiger partial charge on any atom is 0.306 e. The first-order valence-corrected chi connectivity index (χ1v) is 7.10. The number of carbonyl (C=O) groups is 1. The predicted molar refractivity (Wildman–Crippen MR) is 75.8 cm³/mol. The van der Waals surface area contributed by atoms with E-state index >= 15 is 0 Å². The first-order chi connectivity index (χ1) is 9.12. The average molecular weight is 261 g/mol. The monoisotopic (exact) mass is 261 g/mol. The highest BCUT2D eigenvalue weighted by atomic mass is 16.6. The number of piperidine rings is 1. The summed E-state index contributed by atoms with van der Waals surface area (Å²) in [6.45, 7) is 5.87. The number of carbonyl (C=O) groups excluding carboxylic acids is 1. The zero-order chi connectivity index (χ0) is 13.7. The van der Waals surface area contributed by atoms with E-state index in [-0.39, 0.29) is 5.97 Å². The molecule has 1 aromatic rings. The Hall–Kier alpha value is -1.35. The molecule has 0 atom stereocenters. The van der Waals surface area contributed by atoms with Crippen LogP contribution in [0.1, 0.15) is 38.7 Å². The van der Waals surface area contributed by atoms with Crippen molar-refractivity contribution < 1.29 is 9.53 Å². The Kier molecular flexibility index (Phi) is 4.59. The summed E-state index contributed by atoms with van der Waals surface area (Å²) in [6.07, 6.45) is 2.18. The van der Waals surface area contributed by atoms with E-state index in [1.165, 1.54) is 0 Å². The van der Waals surface area contributed by atoms with Crippen LogP contribution in [0, 0.1) is 5.92 Å². The maximum atomic E-state index is 12.1. The number of benzene rings is 1. The Labute approximate surface area is 115 Å². The summed E-state index contributed by atoms with van der Waals surface area (Å²) < 4.78 is 5.90. The van der Waals surface area contributed by atoms with Gasteiger partial charge in [-0.1, -0.05) is 44.2 Å². The molecule has 3 heteroatoms. The lowest BCUT2D eigenvalue weighted by molar-refractivity contribution is -0.165. The Balaban J connectivity index is 2.18. The van der Waals surface area contributed by atoms with Crippen LogP contribution < -0.4 is 5.32 Å². The smallest absolute Gasteiger partial charge is 0.306 e. The summed E-state index contributed by atoms with van der Waals surface area (Å²) in [4.78, 5) is 12.1. The van der Waals surface area contributed by atoms with Crippen LogP contribution in [0.25, 0.3) is 0 Å². The molecule has 1 fully saturated rings. The Morgan fingerprint density at radius 1 is 1.26 bits per heavy atom. The van der Waals surface area contributed by atoms with Gasteiger partial charge in [-0.05, 0) is 24.6 Å². The van der Waals surface area contributed by atoms with Crippen LogP contribution in [-0.4, -0.2) is 19.1 Å². The summed E-state index contributed by atoms with van der Waals surface area (Å²) in [5, 5.41) is 3.33. The van der Waals surface area contributed by atoms with E-state index < -0.39 is 5.60 Å². The number of hydrogen-bond acceptors (Lipinski definition) is 3. The molecule has 0 aromatic heterocycles. The van der Waals surface area contributed by atoms with Gasteiger partial charge >= 0.3 is 5.97 Å². The van der Waals surface area contributed by atoms with E-state index in [1.54, 1.807) is 0 Å². The average Bonchev–Trinajstić information content (AvgIpc) is 2.40. The third-order valence-corrected chi connectivity index (χ3v) is 3.60. The zero-order valence-electron chi connectivity index (χ0n) is 11.8. The van der Waals surface area contributed by atoms with Gasteiger partial charge in [-0.25, -0.2) is 0 Å². The highest BCUT2D eigenvalue weighted by molar-refractivity contribution is 5.70. The molecule has 2 rings (SSSR count). The van der Waals surface area contributed by atoms with Crippen molar-refractivity contribution >= 4 is 5.97 Å². The van der Waals surface area contributed by atoms with Crippen molar-refractivity contribution in [3.63, 3.8) is 0 Å². The van der Waals surface area contributed by atoms with Crippen molar-refractivity contribution in [1.82, 2.24) is 5.32 Å². The molecule has 0 unspecified atom stereocenters. The number of hydrogen-bond donors (Lipinski definition) is 1. The molecule has 0 radical (unpaired) electrons. The quantitative estimate of drug-likeness (QED) is 0.847. The standard InChI is InChI=1S/C16H23NO2/c1-13(2)12-15(18)19-16(8-10-17-11-9-16)14-6-4-3-5-7-14/h3-7,13,17H,8-12H2,1-2H3. The van der Waals surface area contributed by atoms with Gasteiger partial charge in [-0.15, -0.1) is 0 Å². The third kappa shape index (κ3) is 3.57. The molecule has 1 aliphatic rings. The molecule has 3 nitrogen and oxygen atoms in total. The van der Waals surface area contributed by atoms with Crippen LogP contribution in [0.5, 0.6) is 0 Å². The minimum atomic E-state index is -0.432. The normalized spacial score (nSPS) is 18.3.